The lowest BCUT2D eigenvalue weighted by Crippen LogP contribution is -2.15. The molecule has 3 heteroatoms. The summed E-state index contributed by atoms with van der Waals surface area (Å²) in [5.74, 6) is 1.52. The van der Waals surface area contributed by atoms with Crippen molar-refractivity contribution >= 4 is 0 Å². The summed E-state index contributed by atoms with van der Waals surface area (Å²) < 4.78 is 5.89. The second kappa shape index (κ2) is 7.23. The van der Waals surface area contributed by atoms with Crippen molar-refractivity contribution in [3.63, 3.8) is 0 Å². The molecule has 2 aromatic rings. The van der Waals surface area contributed by atoms with Crippen molar-refractivity contribution < 1.29 is 4.74 Å². The van der Waals surface area contributed by atoms with Crippen LogP contribution in [0.15, 0.2) is 30.3 Å². The maximum atomic E-state index is 5.89. The van der Waals surface area contributed by atoms with Crippen LogP contribution in [0.25, 0.3) is 0 Å². The Bertz CT molecular complexity index is 608. The second-order valence-electron chi connectivity index (χ2n) is 5.44. The van der Waals surface area contributed by atoms with E-state index in [9.17, 15) is 0 Å². The fraction of sp³-hybridized carbons (Fsp3) is 0.389. The van der Waals surface area contributed by atoms with E-state index in [1.165, 1.54) is 11.1 Å². The highest BCUT2D eigenvalue weighted by Crippen LogP contribution is 2.25. The van der Waals surface area contributed by atoms with Gasteiger partial charge in [-0.1, -0.05) is 30.7 Å². The van der Waals surface area contributed by atoms with Crippen molar-refractivity contribution in [2.24, 2.45) is 0 Å². The molecule has 0 atom stereocenters. The minimum Gasteiger partial charge on any atom is -0.439 e. The van der Waals surface area contributed by atoms with E-state index in [1.54, 1.807) is 0 Å². The predicted octanol–water partition coefficient (Wildman–Crippen LogP) is 4.30. The van der Waals surface area contributed by atoms with E-state index < -0.39 is 0 Å². The molecule has 1 aromatic heterocycles. The molecule has 0 aliphatic heterocycles. The van der Waals surface area contributed by atoms with Gasteiger partial charge in [0.15, 0.2) is 0 Å². The largest absolute Gasteiger partial charge is 0.439 e. The highest BCUT2D eigenvalue weighted by molar-refractivity contribution is 5.38. The number of aryl methyl sites for hydroxylation is 3. The van der Waals surface area contributed by atoms with Crippen LogP contribution in [0.3, 0.4) is 0 Å². The first-order valence-electron chi connectivity index (χ1n) is 7.52. The minimum absolute atomic E-state index is 0.652. The molecule has 0 amide bonds. The number of hydrogen-bond donors (Lipinski definition) is 1. The van der Waals surface area contributed by atoms with E-state index >= 15 is 0 Å². The van der Waals surface area contributed by atoms with Gasteiger partial charge in [-0.3, -0.25) is 0 Å². The van der Waals surface area contributed by atoms with E-state index in [0.29, 0.717) is 5.88 Å². The van der Waals surface area contributed by atoms with Gasteiger partial charge in [0.1, 0.15) is 5.75 Å². The van der Waals surface area contributed by atoms with Gasteiger partial charge in [0, 0.05) is 18.3 Å². The van der Waals surface area contributed by atoms with Crippen LogP contribution in [-0.2, 0) is 6.54 Å². The van der Waals surface area contributed by atoms with Crippen LogP contribution in [-0.4, -0.2) is 11.5 Å². The third-order valence-corrected chi connectivity index (χ3v) is 3.46. The van der Waals surface area contributed by atoms with E-state index in [2.05, 4.69) is 49.3 Å². The van der Waals surface area contributed by atoms with Crippen molar-refractivity contribution in [2.45, 2.75) is 40.7 Å². The van der Waals surface area contributed by atoms with Gasteiger partial charge in [-0.2, -0.15) is 0 Å². The normalized spacial score (nSPS) is 10.7. The molecule has 3 nitrogen and oxygen atoms in total. The Morgan fingerprint density at radius 3 is 2.57 bits per heavy atom. The Balaban J connectivity index is 2.09. The molecule has 0 fully saturated rings. The number of nitrogens with one attached hydrogen (secondary N) is 1. The molecule has 0 aliphatic rings. The number of aromatic nitrogens is 1. The summed E-state index contributed by atoms with van der Waals surface area (Å²) in [5, 5.41) is 3.40. The Morgan fingerprint density at radius 2 is 1.90 bits per heavy atom. The molecule has 1 N–H and O–H groups in total. The zero-order valence-electron chi connectivity index (χ0n) is 13.4. The summed E-state index contributed by atoms with van der Waals surface area (Å²) in [6.45, 7) is 10.2. The molecule has 21 heavy (non-hydrogen) atoms. The van der Waals surface area contributed by atoms with Crippen molar-refractivity contribution in [1.82, 2.24) is 10.3 Å². The predicted molar refractivity (Wildman–Crippen MR) is 87.0 cm³/mol. The number of hydrogen-bond acceptors (Lipinski definition) is 3. The fourth-order valence-electron chi connectivity index (χ4n) is 2.24. The first-order chi connectivity index (χ1) is 10.1. The van der Waals surface area contributed by atoms with Gasteiger partial charge in [0.05, 0.1) is 0 Å². The van der Waals surface area contributed by atoms with E-state index in [4.69, 9.17) is 4.74 Å². The van der Waals surface area contributed by atoms with Crippen LogP contribution in [0.1, 0.15) is 35.7 Å². The molecule has 1 aromatic carbocycles. The monoisotopic (exact) mass is 284 g/mol. The number of benzene rings is 1. The molecule has 0 saturated carbocycles. The van der Waals surface area contributed by atoms with E-state index in [0.717, 1.165) is 36.5 Å². The Morgan fingerprint density at radius 1 is 1.10 bits per heavy atom. The van der Waals surface area contributed by atoms with Crippen LogP contribution in [0.5, 0.6) is 11.6 Å². The summed E-state index contributed by atoms with van der Waals surface area (Å²) >= 11 is 0. The van der Waals surface area contributed by atoms with Gasteiger partial charge in [-0.05, 0) is 50.9 Å². The molecule has 0 unspecified atom stereocenters. The molecule has 112 valence electrons. The second-order valence-corrected chi connectivity index (χ2v) is 5.44. The molecule has 0 bridgehead atoms. The Kier molecular flexibility index (Phi) is 5.34. The lowest BCUT2D eigenvalue weighted by molar-refractivity contribution is 0.457. The number of nitrogens with zero attached hydrogens (tertiary/aromatic N) is 1. The third-order valence-electron chi connectivity index (χ3n) is 3.46. The number of rotatable bonds is 6. The van der Waals surface area contributed by atoms with Crippen molar-refractivity contribution in [3.8, 4) is 11.6 Å². The van der Waals surface area contributed by atoms with Gasteiger partial charge < -0.3 is 10.1 Å². The highest BCUT2D eigenvalue weighted by Gasteiger charge is 2.05. The molecule has 0 saturated heterocycles. The van der Waals surface area contributed by atoms with Gasteiger partial charge in [-0.15, -0.1) is 0 Å². The smallest absolute Gasteiger partial charge is 0.219 e. The Hall–Kier alpha value is -1.87. The summed E-state index contributed by atoms with van der Waals surface area (Å²) in [5.41, 5.74) is 4.60. The molecule has 0 radical (unpaired) electrons. The molecule has 0 aliphatic carbocycles. The number of ether oxygens (including phenoxy) is 1. The van der Waals surface area contributed by atoms with E-state index in [1.807, 2.05) is 19.1 Å². The Labute approximate surface area is 127 Å². The molecule has 1 heterocycles. The maximum Gasteiger partial charge on any atom is 0.219 e. The zero-order chi connectivity index (χ0) is 15.2. The van der Waals surface area contributed by atoms with Crippen LogP contribution in [0.4, 0.5) is 0 Å². The van der Waals surface area contributed by atoms with Gasteiger partial charge in [0.25, 0.3) is 0 Å². The third kappa shape index (κ3) is 4.30. The van der Waals surface area contributed by atoms with Crippen LogP contribution >= 0.6 is 0 Å². The van der Waals surface area contributed by atoms with Crippen molar-refractivity contribution in [1.29, 1.82) is 0 Å². The lowest BCUT2D eigenvalue weighted by Gasteiger charge is -2.11. The highest BCUT2D eigenvalue weighted by atomic mass is 16.5. The molecular formula is C18H24N2O. The minimum atomic E-state index is 0.652. The number of pyridine rings is 1. The van der Waals surface area contributed by atoms with Crippen molar-refractivity contribution in [3.05, 3.63) is 52.7 Å². The van der Waals surface area contributed by atoms with Gasteiger partial charge >= 0.3 is 0 Å². The van der Waals surface area contributed by atoms with Gasteiger partial charge in [-0.25, -0.2) is 4.98 Å². The average Bonchev–Trinajstić information content (AvgIpc) is 2.44. The van der Waals surface area contributed by atoms with Crippen molar-refractivity contribution in [2.75, 3.05) is 6.54 Å². The van der Waals surface area contributed by atoms with Crippen LogP contribution < -0.4 is 10.1 Å². The first-order valence-corrected chi connectivity index (χ1v) is 7.52. The zero-order valence-corrected chi connectivity index (χ0v) is 13.4. The molecule has 0 spiro atoms. The standard InChI is InChI=1S/C18H24N2O/c1-5-10-19-12-16-7-9-18(20-15(16)4)21-17-8-6-13(2)11-14(17)3/h6-9,11,19H,5,10,12H2,1-4H3. The summed E-state index contributed by atoms with van der Waals surface area (Å²) in [6.07, 6.45) is 1.14. The fourth-order valence-corrected chi connectivity index (χ4v) is 2.24. The summed E-state index contributed by atoms with van der Waals surface area (Å²) in [4.78, 5) is 4.55. The van der Waals surface area contributed by atoms with E-state index in [-0.39, 0.29) is 0 Å². The van der Waals surface area contributed by atoms with Crippen LogP contribution in [0.2, 0.25) is 0 Å². The quantitative estimate of drug-likeness (QED) is 0.803. The lowest BCUT2D eigenvalue weighted by atomic mass is 10.1. The maximum absolute atomic E-state index is 5.89. The average molecular weight is 284 g/mol. The molecule has 2 rings (SSSR count). The summed E-state index contributed by atoms with van der Waals surface area (Å²) in [6, 6.07) is 10.2. The molecular weight excluding hydrogens is 260 g/mol. The first kappa shape index (κ1) is 15.5. The van der Waals surface area contributed by atoms with Gasteiger partial charge in [0.2, 0.25) is 5.88 Å². The van der Waals surface area contributed by atoms with Crippen LogP contribution in [0, 0.1) is 20.8 Å². The SMILES string of the molecule is CCCNCc1ccc(Oc2ccc(C)cc2C)nc1C. The summed E-state index contributed by atoms with van der Waals surface area (Å²) in [7, 11) is 0. The topological polar surface area (TPSA) is 34.1 Å².